The Balaban J connectivity index is 2.35. The summed E-state index contributed by atoms with van der Waals surface area (Å²) in [4.78, 5) is 21.8. The van der Waals surface area contributed by atoms with Gasteiger partial charge in [-0.05, 0) is 36.8 Å². The van der Waals surface area contributed by atoms with Gasteiger partial charge in [0.05, 0.1) is 6.07 Å². The molecule has 0 bridgehead atoms. The van der Waals surface area contributed by atoms with Gasteiger partial charge in [0.2, 0.25) is 5.78 Å². The van der Waals surface area contributed by atoms with Crippen molar-refractivity contribution in [3.05, 3.63) is 57.3 Å². The van der Waals surface area contributed by atoms with Gasteiger partial charge in [-0.25, -0.2) is 0 Å². The highest BCUT2D eigenvalue weighted by molar-refractivity contribution is 6.07. The number of benzene rings is 1. The summed E-state index contributed by atoms with van der Waals surface area (Å²) in [5.74, 6) is -0.928. The molecule has 92 valence electrons. The van der Waals surface area contributed by atoms with Gasteiger partial charge in [-0.2, -0.15) is 0 Å². The zero-order valence-corrected chi connectivity index (χ0v) is 9.54. The van der Waals surface area contributed by atoms with Crippen LogP contribution in [0, 0.1) is 17.0 Å². The minimum atomic E-state index is -0.689. The van der Waals surface area contributed by atoms with Crippen molar-refractivity contribution in [1.29, 1.82) is 0 Å². The van der Waals surface area contributed by atoms with Crippen LogP contribution in [0.5, 0.6) is 0 Å². The van der Waals surface area contributed by atoms with Crippen molar-refractivity contribution in [1.82, 2.24) is 0 Å². The number of nitrogens with zero attached hydrogens (tertiary/aromatic N) is 1. The molecule has 0 unspecified atom stereocenters. The summed E-state index contributed by atoms with van der Waals surface area (Å²) >= 11 is 0. The fraction of sp³-hybridized carbons (Fsp3) is 0.0833. The molecule has 2 N–H and O–H groups in total. The predicted octanol–water partition coefficient (Wildman–Crippen LogP) is 2.31. The molecule has 18 heavy (non-hydrogen) atoms. The van der Waals surface area contributed by atoms with Crippen molar-refractivity contribution in [3.63, 3.8) is 0 Å². The Morgan fingerprint density at radius 1 is 1.33 bits per heavy atom. The van der Waals surface area contributed by atoms with Gasteiger partial charge < -0.3 is 10.2 Å². The van der Waals surface area contributed by atoms with E-state index in [4.69, 9.17) is 10.2 Å². The van der Waals surface area contributed by atoms with E-state index < -0.39 is 16.6 Å². The number of hydrogen-bond acceptors (Lipinski definition) is 5. The third kappa shape index (κ3) is 2.08. The van der Waals surface area contributed by atoms with E-state index in [1.54, 1.807) is 25.1 Å². The van der Waals surface area contributed by atoms with Gasteiger partial charge in [0.1, 0.15) is 4.92 Å². The summed E-state index contributed by atoms with van der Waals surface area (Å²) in [6.07, 6.45) is 0. The summed E-state index contributed by atoms with van der Waals surface area (Å²) < 4.78 is 4.85. The number of nitro groups is 1. The molecule has 0 aliphatic carbocycles. The average molecular weight is 246 g/mol. The molecule has 0 spiro atoms. The highest BCUT2D eigenvalue weighted by Crippen LogP contribution is 2.20. The summed E-state index contributed by atoms with van der Waals surface area (Å²) in [6, 6.07) is 7.22. The molecule has 6 nitrogen and oxygen atoms in total. The highest BCUT2D eigenvalue weighted by atomic mass is 16.6. The van der Waals surface area contributed by atoms with Crippen LogP contribution in [0.15, 0.2) is 34.7 Å². The number of carbonyl (C=O) groups excluding carboxylic acids is 1. The van der Waals surface area contributed by atoms with E-state index in [9.17, 15) is 14.9 Å². The van der Waals surface area contributed by atoms with E-state index >= 15 is 0 Å². The largest absolute Gasteiger partial charge is 0.433 e. The van der Waals surface area contributed by atoms with Crippen LogP contribution >= 0.6 is 0 Å². The molecule has 0 fully saturated rings. The Labute approximate surface area is 102 Å². The van der Waals surface area contributed by atoms with Crippen LogP contribution in [0.2, 0.25) is 0 Å². The van der Waals surface area contributed by atoms with Crippen LogP contribution in [-0.4, -0.2) is 10.7 Å². The van der Waals surface area contributed by atoms with Crippen LogP contribution in [0.25, 0.3) is 0 Å². The molecule has 6 heteroatoms. The minimum Gasteiger partial charge on any atom is -0.399 e. The molecule has 0 saturated carbocycles. The molecule has 1 aromatic heterocycles. The SMILES string of the molecule is Cc1cc(C(=O)c2ccc([N+](=O)[O-])o2)ccc1N. The van der Waals surface area contributed by atoms with Crippen LogP contribution in [0.4, 0.5) is 11.6 Å². The Hall–Kier alpha value is -2.63. The van der Waals surface area contributed by atoms with Gasteiger partial charge in [0.15, 0.2) is 5.76 Å². The molecule has 1 aromatic carbocycles. The third-order valence-corrected chi connectivity index (χ3v) is 2.53. The molecular weight excluding hydrogens is 236 g/mol. The first-order valence-electron chi connectivity index (χ1n) is 5.14. The maximum absolute atomic E-state index is 12.0. The predicted molar refractivity (Wildman–Crippen MR) is 64.4 cm³/mol. The molecule has 0 amide bonds. The topological polar surface area (TPSA) is 99.4 Å². The maximum Gasteiger partial charge on any atom is 0.433 e. The molecule has 0 radical (unpaired) electrons. The van der Waals surface area contributed by atoms with Gasteiger partial charge in [0.25, 0.3) is 0 Å². The van der Waals surface area contributed by atoms with Crippen molar-refractivity contribution in [3.8, 4) is 0 Å². The lowest BCUT2D eigenvalue weighted by Crippen LogP contribution is -2.01. The zero-order valence-electron chi connectivity index (χ0n) is 9.54. The van der Waals surface area contributed by atoms with Crippen molar-refractivity contribution < 1.29 is 14.1 Å². The van der Waals surface area contributed by atoms with Gasteiger partial charge in [-0.15, -0.1) is 0 Å². The lowest BCUT2D eigenvalue weighted by Gasteiger charge is -2.02. The standard InChI is InChI=1S/C12H10N2O4/c1-7-6-8(2-3-9(7)13)12(15)10-4-5-11(18-10)14(16)17/h2-6H,13H2,1H3. The normalized spacial score (nSPS) is 10.3. The van der Waals surface area contributed by atoms with Crippen molar-refractivity contribution in [2.75, 3.05) is 5.73 Å². The quantitative estimate of drug-likeness (QED) is 0.387. The number of ketones is 1. The van der Waals surface area contributed by atoms with Gasteiger partial charge in [0, 0.05) is 11.3 Å². The monoisotopic (exact) mass is 246 g/mol. The van der Waals surface area contributed by atoms with Crippen LogP contribution in [0.1, 0.15) is 21.7 Å². The Morgan fingerprint density at radius 2 is 2.06 bits per heavy atom. The Morgan fingerprint density at radius 3 is 2.61 bits per heavy atom. The fourth-order valence-electron chi connectivity index (χ4n) is 1.51. The van der Waals surface area contributed by atoms with Crippen molar-refractivity contribution in [2.45, 2.75) is 6.92 Å². The lowest BCUT2D eigenvalue weighted by atomic mass is 10.1. The van der Waals surface area contributed by atoms with Crippen molar-refractivity contribution in [2.24, 2.45) is 0 Å². The molecule has 0 aliphatic heterocycles. The van der Waals surface area contributed by atoms with Gasteiger partial charge in [-0.1, -0.05) is 0 Å². The second-order valence-corrected chi connectivity index (χ2v) is 3.80. The maximum atomic E-state index is 12.0. The van der Waals surface area contributed by atoms with Crippen molar-refractivity contribution >= 4 is 17.4 Å². The number of nitrogens with two attached hydrogens (primary N) is 1. The Bertz CT molecular complexity index is 631. The molecule has 0 aliphatic rings. The summed E-state index contributed by atoms with van der Waals surface area (Å²) in [5.41, 5.74) is 7.37. The number of carbonyl (C=O) groups is 1. The lowest BCUT2D eigenvalue weighted by molar-refractivity contribution is -0.402. The van der Waals surface area contributed by atoms with E-state index in [0.717, 1.165) is 11.6 Å². The molecule has 2 rings (SSSR count). The smallest absolute Gasteiger partial charge is 0.399 e. The first-order valence-corrected chi connectivity index (χ1v) is 5.14. The summed E-state index contributed by atoms with van der Waals surface area (Å²) in [5, 5.41) is 10.5. The fourth-order valence-corrected chi connectivity index (χ4v) is 1.51. The first kappa shape index (κ1) is 11.8. The minimum absolute atomic E-state index is 0.0640. The van der Waals surface area contributed by atoms with E-state index in [0.29, 0.717) is 11.3 Å². The molecule has 0 atom stereocenters. The molecular formula is C12H10N2O4. The number of aryl methyl sites for hydroxylation is 1. The van der Waals surface area contributed by atoms with E-state index in [2.05, 4.69) is 0 Å². The third-order valence-electron chi connectivity index (χ3n) is 2.53. The molecule has 0 saturated heterocycles. The number of anilines is 1. The van der Waals surface area contributed by atoms with Crippen LogP contribution in [-0.2, 0) is 0 Å². The Kier molecular flexibility index (Phi) is 2.85. The number of nitrogen functional groups attached to an aromatic ring is 1. The van der Waals surface area contributed by atoms with E-state index in [1.807, 2.05) is 0 Å². The highest BCUT2D eigenvalue weighted by Gasteiger charge is 2.18. The zero-order chi connectivity index (χ0) is 13.3. The van der Waals surface area contributed by atoms with E-state index in [-0.39, 0.29) is 5.76 Å². The van der Waals surface area contributed by atoms with Gasteiger partial charge >= 0.3 is 5.88 Å². The van der Waals surface area contributed by atoms with Gasteiger partial charge in [-0.3, -0.25) is 14.9 Å². The number of furan rings is 1. The first-order chi connectivity index (χ1) is 8.49. The number of rotatable bonds is 3. The molecule has 2 aromatic rings. The van der Waals surface area contributed by atoms with E-state index in [1.165, 1.54) is 6.07 Å². The second kappa shape index (κ2) is 4.33. The summed E-state index contributed by atoms with van der Waals surface area (Å²) in [6.45, 7) is 1.77. The average Bonchev–Trinajstić information content (AvgIpc) is 2.81. The number of hydrogen-bond donors (Lipinski definition) is 1. The second-order valence-electron chi connectivity index (χ2n) is 3.80. The van der Waals surface area contributed by atoms with Crippen LogP contribution < -0.4 is 5.73 Å². The van der Waals surface area contributed by atoms with Crippen LogP contribution in [0.3, 0.4) is 0 Å². The summed E-state index contributed by atoms with van der Waals surface area (Å²) in [7, 11) is 0. The molecule has 1 heterocycles.